The number of nitrogens with one attached hydrogen (secondary N) is 1. The van der Waals surface area contributed by atoms with Crippen LogP contribution < -0.4 is 10.1 Å². The first-order chi connectivity index (χ1) is 11.3. The number of carbonyl (C=O) groups is 1. The monoisotopic (exact) mass is 332 g/mol. The molecule has 5 heteroatoms. The van der Waals surface area contributed by atoms with Gasteiger partial charge < -0.3 is 10.1 Å². The summed E-state index contributed by atoms with van der Waals surface area (Å²) in [6.45, 7) is 2.89. The van der Waals surface area contributed by atoms with Gasteiger partial charge in [0.15, 0.2) is 5.13 Å². The molecule has 1 aliphatic carbocycles. The zero-order valence-corrected chi connectivity index (χ0v) is 14.5. The number of hydrogen-bond acceptors (Lipinski definition) is 4. The van der Waals surface area contributed by atoms with E-state index in [2.05, 4.69) is 17.2 Å². The molecule has 124 valence electrons. The molecule has 1 fully saturated rings. The lowest BCUT2D eigenvalue weighted by Gasteiger charge is -2.19. The molecule has 2 aromatic rings. The lowest BCUT2D eigenvalue weighted by Crippen LogP contribution is -2.24. The summed E-state index contributed by atoms with van der Waals surface area (Å²) in [6, 6.07) is 5.92. The van der Waals surface area contributed by atoms with Gasteiger partial charge in [0, 0.05) is 5.92 Å². The zero-order valence-electron chi connectivity index (χ0n) is 13.6. The van der Waals surface area contributed by atoms with E-state index in [0.29, 0.717) is 5.13 Å². The molecule has 0 atom stereocenters. The summed E-state index contributed by atoms with van der Waals surface area (Å²) in [5.74, 6) is 1.16. The topological polar surface area (TPSA) is 51.2 Å². The van der Waals surface area contributed by atoms with Crippen molar-refractivity contribution in [1.29, 1.82) is 0 Å². The second kappa shape index (κ2) is 7.77. The van der Waals surface area contributed by atoms with Gasteiger partial charge in [-0.25, -0.2) is 4.98 Å². The number of ether oxygens (including phenoxy) is 1. The zero-order chi connectivity index (χ0) is 16.1. The van der Waals surface area contributed by atoms with Crippen LogP contribution in [-0.2, 0) is 4.79 Å². The van der Waals surface area contributed by atoms with E-state index >= 15 is 0 Å². The van der Waals surface area contributed by atoms with Crippen LogP contribution in [0.5, 0.6) is 5.75 Å². The molecular formula is C18H24N2O2S. The molecule has 0 spiro atoms. The second-order valence-corrected chi connectivity index (χ2v) is 7.21. The number of aromatic nitrogens is 1. The smallest absolute Gasteiger partial charge is 0.229 e. The Morgan fingerprint density at radius 3 is 2.96 bits per heavy atom. The first-order valence-corrected chi connectivity index (χ1v) is 9.42. The maximum absolute atomic E-state index is 12.3. The number of nitrogens with zero attached hydrogens (tertiary/aromatic N) is 1. The number of benzene rings is 1. The fourth-order valence-electron chi connectivity index (χ4n) is 2.95. The van der Waals surface area contributed by atoms with Crippen molar-refractivity contribution in [3.63, 3.8) is 0 Å². The van der Waals surface area contributed by atoms with E-state index in [1.54, 1.807) is 0 Å². The number of hydrogen-bond donors (Lipinski definition) is 1. The van der Waals surface area contributed by atoms with E-state index < -0.39 is 0 Å². The van der Waals surface area contributed by atoms with Crippen LogP contribution in [-0.4, -0.2) is 17.5 Å². The number of unbranched alkanes of at least 4 members (excludes halogenated alkanes) is 1. The summed E-state index contributed by atoms with van der Waals surface area (Å²) >= 11 is 1.52. The highest BCUT2D eigenvalue weighted by Crippen LogP contribution is 2.31. The molecule has 0 radical (unpaired) electrons. The van der Waals surface area contributed by atoms with Crippen molar-refractivity contribution in [1.82, 2.24) is 4.98 Å². The fraction of sp³-hybridized carbons (Fsp3) is 0.556. The minimum atomic E-state index is 0.128. The number of anilines is 1. The predicted octanol–water partition coefficient (Wildman–Crippen LogP) is 4.99. The molecule has 1 N–H and O–H groups in total. The number of carbonyl (C=O) groups excluding carboxylic acids is 1. The van der Waals surface area contributed by atoms with Crippen LogP contribution in [0.2, 0.25) is 0 Å². The first kappa shape index (κ1) is 16.2. The summed E-state index contributed by atoms with van der Waals surface area (Å²) in [4.78, 5) is 16.8. The minimum absolute atomic E-state index is 0.128. The quantitative estimate of drug-likeness (QED) is 0.758. The molecule has 3 rings (SSSR count). The second-order valence-electron chi connectivity index (χ2n) is 6.17. The molecule has 23 heavy (non-hydrogen) atoms. The molecule has 1 aromatic heterocycles. The van der Waals surface area contributed by atoms with E-state index in [-0.39, 0.29) is 11.8 Å². The Bertz CT molecular complexity index is 662. The third-order valence-corrected chi connectivity index (χ3v) is 5.27. The summed E-state index contributed by atoms with van der Waals surface area (Å²) in [6.07, 6.45) is 7.78. The molecule has 1 aliphatic rings. The third kappa shape index (κ3) is 4.22. The first-order valence-electron chi connectivity index (χ1n) is 8.60. The fourth-order valence-corrected chi connectivity index (χ4v) is 3.85. The van der Waals surface area contributed by atoms with E-state index in [4.69, 9.17) is 4.74 Å². The highest BCUT2D eigenvalue weighted by molar-refractivity contribution is 7.22. The number of fused-ring (bicyclic) bond motifs is 1. The van der Waals surface area contributed by atoms with Gasteiger partial charge in [-0.15, -0.1) is 0 Å². The normalized spacial score (nSPS) is 15.7. The van der Waals surface area contributed by atoms with Crippen LogP contribution in [0.4, 0.5) is 5.13 Å². The third-order valence-electron chi connectivity index (χ3n) is 4.33. The van der Waals surface area contributed by atoms with Gasteiger partial charge in [-0.3, -0.25) is 4.79 Å². The molecule has 0 unspecified atom stereocenters. The lowest BCUT2D eigenvalue weighted by atomic mass is 9.89. The Balaban J connectivity index is 1.66. The van der Waals surface area contributed by atoms with Crippen LogP contribution in [0.25, 0.3) is 10.2 Å². The molecule has 0 aliphatic heterocycles. The van der Waals surface area contributed by atoms with Crippen molar-refractivity contribution in [3.05, 3.63) is 18.2 Å². The molecular weight excluding hydrogens is 308 g/mol. The van der Waals surface area contributed by atoms with Crippen molar-refractivity contribution in [3.8, 4) is 5.75 Å². The van der Waals surface area contributed by atoms with Crippen LogP contribution in [0.1, 0.15) is 51.9 Å². The summed E-state index contributed by atoms with van der Waals surface area (Å²) in [5, 5.41) is 3.70. The Labute approximate surface area is 141 Å². The van der Waals surface area contributed by atoms with Crippen molar-refractivity contribution < 1.29 is 9.53 Å². The van der Waals surface area contributed by atoms with Gasteiger partial charge >= 0.3 is 0 Å². The van der Waals surface area contributed by atoms with Crippen molar-refractivity contribution in [2.45, 2.75) is 51.9 Å². The Morgan fingerprint density at radius 2 is 2.17 bits per heavy atom. The number of thiazole rings is 1. The number of rotatable bonds is 6. The summed E-state index contributed by atoms with van der Waals surface area (Å²) < 4.78 is 6.79. The minimum Gasteiger partial charge on any atom is -0.494 e. The van der Waals surface area contributed by atoms with Crippen molar-refractivity contribution >= 4 is 32.6 Å². The lowest BCUT2D eigenvalue weighted by molar-refractivity contribution is -0.120. The average Bonchev–Trinajstić information content (AvgIpc) is 2.97. The molecule has 0 bridgehead atoms. The van der Waals surface area contributed by atoms with E-state index in [1.165, 1.54) is 17.8 Å². The van der Waals surface area contributed by atoms with Gasteiger partial charge in [-0.2, -0.15) is 0 Å². The van der Waals surface area contributed by atoms with E-state index in [1.807, 2.05) is 18.2 Å². The summed E-state index contributed by atoms with van der Waals surface area (Å²) in [5.41, 5.74) is 0.914. The SMILES string of the molecule is CCCCOc1ccc2nc(NC(=O)C3CCCCC3)sc2c1. The predicted molar refractivity (Wildman–Crippen MR) is 95.2 cm³/mol. The highest BCUT2D eigenvalue weighted by atomic mass is 32.1. The average molecular weight is 332 g/mol. The number of amides is 1. The van der Waals surface area contributed by atoms with Crippen molar-refractivity contribution in [2.75, 3.05) is 11.9 Å². The van der Waals surface area contributed by atoms with Gasteiger partial charge in [-0.1, -0.05) is 43.9 Å². The van der Waals surface area contributed by atoms with Crippen LogP contribution >= 0.6 is 11.3 Å². The molecule has 4 nitrogen and oxygen atoms in total. The van der Waals surface area contributed by atoms with Gasteiger partial charge in [0.25, 0.3) is 0 Å². The van der Waals surface area contributed by atoms with Gasteiger partial charge in [0.2, 0.25) is 5.91 Å². The Hall–Kier alpha value is -1.62. The van der Waals surface area contributed by atoms with Crippen LogP contribution in [0.15, 0.2) is 18.2 Å². The molecule has 1 heterocycles. The standard InChI is InChI=1S/C18H24N2O2S/c1-2-3-11-22-14-9-10-15-16(12-14)23-18(19-15)20-17(21)13-7-5-4-6-8-13/h9-10,12-13H,2-8,11H2,1H3,(H,19,20,21). The molecule has 0 saturated heterocycles. The van der Waals surface area contributed by atoms with Crippen molar-refractivity contribution in [2.24, 2.45) is 5.92 Å². The van der Waals surface area contributed by atoms with E-state index in [9.17, 15) is 4.79 Å². The molecule has 1 amide bonds. The highest BCUT2D eigenvalue weighted by Gasteiger charge is 2.22. The molecule has 1 saturated carbocycles. The maximum atomic E-state index is 12.3. The van der Waals surface area contributed by atoms with Gasteiger partial charge in [0.05, 0.1) is 16.8 Å². The van der Waals surface area contributed by atoms with E-state index in [0.717, 1.165) is 61.1 Å². The maximum Gasteiger partial charge on any atom is 0.229 e. The van der Waals surface area contributed by atoms with Crippen LogP contribution in [0, 0.1) is 5.92 Å². The largest absolute Gasteiger partial charge is 0.494 e. The van der Waals surface area contributed by atoms with Crippen LogP contribution in [0.3, 0.4) is 0 Å². The van der Waals surface area contributed by atoms with Gasteiger partial charge in [0.1, 0.15) is 5.75 Å². The Morgan fingerprint density at radius 1 is 1.35 bits per heavy atom. The molecule has 1 aromatic carbocycles. The summed E-state index contributed by atoms with van der Waals surface area (Å²) in [7, 11) is 0. The Kier molecular flexibility index (Phi) is 5.49. The van der Waals surface area contributed by atoms with Gasteiger partial charge in [-0.05, 0) is 37.5 Å².